The first-order chi connectivity index (χ1) is 5.42. The van der Waals surface area contributed by atoms with E-state index in [0.717, 1.165) is 17.2 Å². The van der Waals surface area contributed by atoms with Crippen LogP contribution in [0.5, 0.6) is 0 Å². The molecule has 1 aromatic heterocycles. The zero-order valence-electron chi connectivity index (χ0n) is 5.79. The molecular formula is C9H6NO. The Hall–Kier alpha value is -1.57. The van der Waals surface area contributed by atoms with Crippen molar-refractivity contribution in [3.05, 3.63) is 36.0 Å². The predicted molar refractivity (Wildman–Crippen MR) is 42.5 cm³/mol. The highest BCUT2D eigenvalue weighted by Gasteiger charge is 1.99. The van der Waals surface area contributed by atoms with Crippen LogP contribution >= 0.6 is 0 Å². The zero-order valence-corrected chi connectivity index (χ0v) is 5.79. The summed E-state index contributed by atoms with van der Waals surface area (Å²) in [7, 11) is 0. The standard InChI is InChI=1S/C9H6NO/c11-6-7-5-10-9-4-2-1-3-8(7)9/h1-4,6,10H. The quantitative estimate of drug-likeness (QED) is 0.608. The van der Waals surface area contributed by atoms with Gasteiger partial charge in [0.05, 0.1) is 6.20 Å². The van der Waals surface area contributed by atoms with E-state index in [1.807, 2.05) is 24.3 Å². The highest BCUT2D eigenvalue weighted by Crippen LogP contribution is 2.14. The lowest BCUT2D eigenvalue weighted by Crippen LogP contribution is -1.72. The molecule has 0 spiro atoms. The highest BCUT2D eigenvalue weighted by molar-refractivity contribution is 5.96. The van der Waals surface area contributed by atoms with Crippen LogP contribution in [-0.2, 0) is 0 Å². The van der Waals surface area contributed by atoms with Gasteiger partial charge in [0.1, 0.15) is 0 Å². The molecule has 1 heterocycles. The molecule has 0 amide bonds. The van der Waals surface area contributed by atoms with Crippen LogP contribution in [0.15, 0.2) is 24.3 Å². The van der Waals surface area contributed by atoms with Gasteiger partial charge in [-0.05, 0) is 6.07 Å². The van der Waals surface area contributed by atoms with Gasteiger partial charge in [0.25, 0.3) is 0 Å². The summed E-state index contributed by atoms with van der Waals surface area (Å²) in [6.45, 7) is 0. The predicted octanol–water partition coefficient (Wildman–Crippen LogP) is 1.78. The molecule has 0 saturated carbocycles. The number of hydrogen-bond acceptors (Lipinski definition) is 1. The highest BCUT2D eigenvalue weighted by atomic mass is 16.1. The van der Waals surface area contributed by atoms with Crippen LogP contribution in [0.3, 0.4) is 0 Å². The lowest BCUT2D eigenvalue weighted by atomic mass is 10.2. The van der Waals surface area contributed by atoms with Crippen LogP contribution in [0, 0.1) is 6.20 Å². The number of benzene rings is 1. The van der Waals surface area contributed by atoms with Crippen molar-refractivity contribution in [1.82, 2.24) is 4.98 Å². The number of aromatic amines is 1. The Morgan fingerprint density at radius 1 is 1.36 bits per heavy atom. The second-order valence-electron chi connectivity index (χ2n) is 2.33. The third kappa shape index (κ3) is 0.835. The van der Waals surface area contributed by atoms with E-state index < -0.39 is 0 Å². The van der Waals surface area contributed by atoms with Crippen molar-refractivity contribution in [3.8, 4) is 0 Å². The molecular weight excluding hydrogens is 138 g/mol. The summed E-state index contributed by atoms with van der Waals surface area (Å²) in [5, 5.41) is 0.933. The Kier molecular flexibility index (Phi) is 1.25. The van der Waals surface area contributed by atoms with E-state index in [1.165, 1.54) is 0 Å². The number of carbonyl (C=O) groups is 1. The van der Waals surface area contributed by atoms with Crippen molar-refractivity contribution in [1.29, 1.82) is 0 Å². The molecule has 2 rings (SSSR count). The Bertz CT molecular complexity index is 389. The van der Waals surface area contributed by atoms with E-state index in [-0.39, 0.29) is 0 Å². The van der Waals surface area contributed by atoms with Crippen molar-refractivity contribution in [3.63, 3.8) is 0 Å². The van der Waals surface area contributed by atoms with Gasteiger partial charge in [0.15, 0.2) is 6.29 Å². The fraction of sp³-hybridized carbons (Fsp3) is 0. The number of nitrogens with one attached hydrogen (secondary N) is 1. The van der Waals surface area contributed by atoms with Gasteiger partial charge in [-0.3, -0.25) is 4.79 Å². The molecule has 2 heteroatoms. The van der Waals surface area contributed by atoms with Crippen LogP contribution in [0.25, 0.3) is 10.9 Å². The summed E-state index contributed by atoms with van der Waals surface area (Å²) < 4.78 is 0. The topological polar surface area (TPSA) is 32.9 Å². The molecule has 2 nitrogen and oxygen atoms in total. The molecule has 1 aromatic carbocycles. The van der Waals surface area contributed by atoms with Crippen molar-refractivity contribution >= 4 is 17.2 Å². The summed E-state index contributed by atoms with van der Waals surface area (Å²) in [5.74, 6) is 0. The van der Waals surface area contributed by atoms with Gasteiger partial charge in [-0.25, -0.2) is 0 Å². The summed E-state index contributed by atoms with van der Waals surface area (Å²) >= 11 is 0. The van der Waals surface area contributed by atoms with Crippen molar-refractivity contribution in [2.75, 3.05) is 0 Å². The molecule has 53 valence electrons. The monoisotopic (exact) mass is 144 g/mol. The largest absolute Gasteiger partial charge is 0.353 e. The number of rotatable bonds is 1. The summed E-state index contributed by atoms with van der Waals surface area (Å²) in [5.41, 5.74) is 1.55. The van der Waals surface area contributed by atoms with Crippen LogP contribution in [0.2, 0.25) is 0 Å². The molecule has 0 bridgehead atoms. The average Bonchev–Trinajstić information content (AvgIpc) is 2.47. The Morgan fingerprint density at radius 2 is 2.18 bits per heavy atom. The van der Waals surface area contributed by atoms with Gasteiger partial charge in [0.2, 0.25) is 0 Å². The molecule has 2 aromatic rings. The Balaban J connectivity index is 2.86. The lowest BCUT2D eigenvalue weighted by molar-refractivity contribution is 0.112. The summed E-state index contributed by atoms with van der Waals surface area (Å²) in [4.78, 5) is 13.3. The Labute approximate surface area is 63.8 Å². The van der Waals surface area contributed by atoms with E-state index in [4.69, 9.17) is 0 Å². The fourth-order valence-electron chi connectivity index (χ4n) is 1.12. The lowest BCUT2D eigenvalue weighted by Gasteiger charge is -1.86. The maximum atomic E-state index is 10.4. The van der Waals surface area contributed by atoms with E-state index in [1.54, 1.807) is 0 Å². The van der Waals surface area contributed by atoms with Gasteiger partial charge >= 0.3 is 0 Å². The molecule has 0 aliphatic heterocycles. The normalized spacial score (nSPS) is 10.2. The minimum Gasteiger partial charge on any atom is -0.353 e. The Morgan fingerprint density at radius 3 is 3.00 bits per heavy atom. The molecule has 0 fully saturated rings. The van der Waals surface area contributed by atoms with E-state index >= 15 is 0 Å². The minimum absolute atomic E-state index is 0.598. The fourth-order valence-corrected chi connectivity index (χ4v) is 1.12. The first-order valence-electron chi connectivity index (χ1n) is 3.35. The van der Waals surface area contributed by atoms with Crippen molar-refractivity contribution in [2.24, 2.45) is 0 Å². The van der Waals surface area contributed by atoms with Crippen LogP contribution in [-0.4, -0.2) is 11.3 Å². The van der Waals surface area contributed by atoms with E-state index in [9.17, 15) is 4.79 Å². The number of fused-ring (bicyclic) bond motifs is 1. The third-order valence-corrected chi connectivity index (χ3v) is 1.67. The number of hydrogen-bond donors (Lipinski definition) is 1. The molecule has 0 unspecified atom stereocenters. The maximum Gasteiger partial charge on any atom is 0.152 e. The SMILES string of the molecule is O=Cc1[c][nH]c2ccccc12. The van der Waals surface area contributed by atoms with Gasteiger partial charge in [0, 0.05) is 16.5 Å². The molecule has 0 atom stereocenters. The first-order valence-corrected chi connectivity index (χ1v) is 3.35. The zero-order chi connectivity index (χ0) is 7.68. The van der Waals surface area contributed by atoms with E-state index in [2.05, 4.69) is 11.2 Å². The van der Waals surface area contributed by atoms with Gasteiger partial charge < -0.3 is 4.98 Å². The number of para-hydroxylation sites is 1. The van der Waals surface area contributed by atoms with E-state index in [0.29, 0.717) is 5.56 Å². The molecule has 0 saturated heterocycles. The second kappa shape index (κ2) is 2.23. The maximum absolute atomic E-state index is 10.4. The average molecular weight is 144 g/mol. The minimum atomic E-state index is 0.598. The molecule has 1 radical (unpaired) electrons. The third-order valence-electron chi connectivity index (χ3n) is 1.67. The number of H-pyrrole nitrogens is 1. The number of aromatic nitrogens is 1. The number of carbonyl (C=O) groups excluding carboxylic acids is 1. The smallest absolute Gasteiger partial charge is 0.152 e. The van der Waals surface area contributed by atoms with Gasteiger partial charge in [-0.2, -0.15) is 0 Å². The van der Waals surface area contributed by atoms with Crippen molar-refractivity contribution in [2.45, 2.75) is 0 Å². The summed E-state index contributed by atoms with van der Waals surface area (Å²) in [6, 6.07) is 7.63. The second-order valence-corrected chi connectivity index (χ2v) is 2.33. The van der Waals surface area contributed by atoms with Crippen LogP contribution < -0.4 is 0 Å². The van der Waals surface area contributed by atoms with Gasteiger partial charge in [-0.15, -0.1) is 0 Å². The van der Waals surface area contributed by atoms with Crippen LogP contribution in [0.4, 0.5) is 0 Å². The summed E-state index contributed by atoms with van der Waals surface area (Å²) in [6.07, 6.45) is 3.57. The van der Waals surface area contributed by atoms with Crippen LogP contribution in [0.1, 0.15) is 10.4 Å². The molecule has 0 aliphatic rings. The molecule has 1 N–H and O–H groups in total. The molecule has 11 heavy (non-hydrogen) atoms. The van der Waals surface area contributed by atoms with Crippen molar-refractivity contribution < 1.29 is 4.79 Å². The number of aldehydes is 1. The van der Waals surface area contributed by atoms with Gasteiger partial charge in [-0.1, -0.05) is 18.2 Å². The first kappa shape index (κ1) is 6.16. The molecule has 0 aliphatic carbocycles.